The number of allylic oxidation sites excluding steroid dienone is 1. The number of hydrogen-bond donors (Lipinski definition) is 1. The second kappa shape index (κ2) is 9.43. The number of nitrogens with zero attached hydrogens (tertiary/aromatic N) is 2. The number of alkyl halides is 1. The average molecular weight is 465 g/mol. The molecule has 1 fully saturated rings. The summed E-state index contributed by atoms with van der Waals surface area (Å²) >= 11 is 0. The minimum absolute atomic E-state index is 0.136. The first-order chi connectivity index (χ1) is 16.5. The highest BCUT2D eigenvalue weighted by Gasteiger charge is 2.30. The number of ether oxygens (including phenoxy) is 2. The third kappa shape index (κ3) is 4.48. The first-order valence-corrected chi connectivity index (χ1v) is 11.3. The summed E-state index contributed by atoms with van der Waals surface area (Å²) in [6.07, 6.45) is 2.31. The minimum Gasteiger partial charge on any atom is -0.508 e. The molecule has 1 aromatic heterocycles. The number of hydrogen-bond acceptors (Lipinski definition) is 5. The van der Waals surface area contributed by atoms with Crippen LogP contribution in [-0.4, -0.2) is 47.9 Å². The number of aromatic hydroxyl groups is 1. The van der Waals surface area contributed by atoms with Crippen LogP contribution in [0, 0.1) is 11.7 Å². The Kier molecular flexibility index (Phi) is 6.20. The third-order valence-corrected chi connectivity index (χ3v) is 6.40. The Bertz CT molecular complexity index is 1210. The highest BCUT2D eigenvalue weighted by atomic mass is 19.1. The molecule has 3 aromatic rings. The molecule has 1 N–H and O–H groups in total. The van der Waals surface area contributed by atoms with Crippen molar-refractivity contribution in [3.8, 4) is 17.2 Å². The van der Waals surface area contributed by atoms with Crippen molar-refractivity contribution in [1.29, 1.82) is 0 Å². The summed E-state index contributed by atoms with van der Waals surface area (Å²) in [7, 11) is 0. The SMILES string of the molecule is CC1=C(c2cncc(F)c2)C(c2ccc(OCCN3CC(CF)C3)cc2)Oc2ccc(O)cc21. The van der Waals surface area contributed by atoms with Crippen LogP contribution in [0.4, 0.5) is 8.78 Å². The number of aromatic nitrogens is 1. The van der Waals surface area contributed by atoms with Crippen molar-refractivity contribution in [1.82, 2.24) is 9.88 Å². The topological polar surface area (TPSA) is 54.8 Å². The van der Waals surface area contributed by atoms with Crippen molar-refractivity contribution in [2.75, 3.05) is 32.9 Å². The van der Waals surface area contributed by atoms with Gasteiger partial charge in [-0.05, 0) is 54.5 Å². The van der Waals surface area contributed by atoms with Gasteiger partial charge in [-0.1, -0.05) is 12.1 Å². The van der Waals surface area contributed by atoms with E-state index >= 15 is 0 Å². The van der Waals surface area contributed by atoms with Crippen molar-refractivity contribution in [3.05, 3.63) is 83.4 Å². The lowest BCUT2D eigenvalue weighted by atomic mass is 9.86. The van der Waals surface area contributed by atoms with Gasteiger partial charge in [0.2, 0.25) is 0 Å². The van der Waals surface area contributed by atoms with Crippen LogP contribution >= 0.6 is 0 Å². The molecule has 7 heteroatoms. The molecular weight excluding hydrogens is 438 g/mol. The molecule has 5 rings (SSSR count). The summed E-state index contributed by atoms with van der Waals surface area (Å²) in [6, 6.07) is 14.1. The number of phenolic OH excluding ortho intramolecular Hbond substituents is 1. The van der Waals surface area contributed by atoms with Crippen LogP contribution in [-0.2, 0) is 0 Å². The second-order valence-corrected chi connectivity index (χ2v) is 8.81. The zero-order valence-corrected chi connectivity index (χ0v) is 18.9. The van der Waals surface area contributed by atoms with Gasteiger partial charge in [0, 0.05) is 48.4 Å². The summed E-state index contributed by atoms with van der Waals surface area (Å²) in [5, 5.41) is 9.99. The molecule has 34 heavy (non-hydrogen) atoms. The van der Waals surface area contributed by atoms with Crippen molar-refractivity contribution in [2.45, 2.75) is 13.0 Å². The van der Waals surface area contributed by atoms with Crippen molar-refractivity contribution < 1.29 is 23.4 Å². The first kappa shape index (κ1) is 22.3. The quantitative estimate of drug-likeness (QED) is 0.516. The van der Waals surface area contributed by atoms with Gasteiger partial charge in [0.1, 0.15) is 35.8 Å². The van der Waals surface area contributed by atoms with E-state index in [-0.39, 0.29) is 18.3 Å². The molecule has 0 saturated carbocycles. The predicted molar refractivity (Wildman–Crippen MR) is 126 cm³/mol. The molecule has 2 aromatic carbocycles. The molecule has 0 radical (unpaired) electrons. The lowest BCUT2D eigenvalue weighted by molar-refractivity contribution is 0.0668. The smallest absolute Gasteiger partial charge is 0.150 e. The molecule has 1 saturated heterocycles. The Balaban J connectivity index is 1.38. The lowest BCUT2D eigenvalue weighted by Gasteiger charge is -2.37. The maximum atomic E-state index is 14.0. The fraction of sp³-hybridized carbons (Fsp3) is 0.296. The van der Waals surface area contributed by atoms with Gasteiger partial charge in [-0.3, -0.25) is 14.3 Å². The summed E-state index contributed by atoms with van der Waals surface area (Å²) < 4.78 is 38.8. The van der Waals surface area contributed by atoms with E-state index in [2.05, 4.69) is 9.88 Å². The van der Waals surface area contributed by atoms with Gasteiger partial charge in [0.15, 0.2) is 0 Å². The number of pyridine rings is 1. The number of benzene rings is 2. The van der Waals surface area contributed by atoms with Gasteiger partial charge in [-0.15, -0.1) is 0 Å². The van der Waals surface area contributed by atoms with Gasteiger partial charge in [0.25, 0.3) is 0 Å². The molecule has 5 nitrogen and oxygen atoms in total. The van der Waals surface area contributed by atoms with E-state index in [1.165, 1.54) is 12.3 Å². The number of halogens is 2. The van der Waals surface area contributed by atoms with Crippen LogP contribution < -0.4 is 9.47 Å². The molecule has 3 heterocycles. The minimum atomic E-state index is -0.478. The lowest BCUT2D eigenvalue weighted by Crippen LogP contribution is -2.49. The van der Waals surface area contributed by atoms with E-state index < -0.39 is 11.9 Å². The zero-order valence-electron chi connectivity index (χ0n) is 18.9. The van der Waals surface area contributed by atoms with Crippen LogP contribution in [0.5, 0.6) is 17.2 Å². The van der Waals surface area contributed by atoms with Crippen LogP contribution in [0.3, 0.4) is 0 Å². The number of fused-ring (bicyclic) bond motifs is 1. The van der Waals surface area contributed by atoms with Crippen molar-refractivity contribution in [3.63, 3.8) is 0 Å². The van der Waals surface area contributed by atoms with E-state index in [9.17, 15) is 13.9 Å². The molecule has 176 valence electrons. The van der Waals surface area contributed by atoms with Crippen LogP contribution in [0.2, 0.25) is 0 Å². The van der Waals surface area contributed by atoms with Crippen LogP contribution in [0.15, 0.2) is 60.9 Å². The summed E-state index contributed by atoms with van der Waals surface area (Å²) in [5.41, 5.74) is 3.95. The molecule has 1 atom stereocenters. The Morgan fingerprint density at radius 2 is 1.91 bits per heavy atom. The fourth-order valence-corrected chi connectivity index (χ4v) is 4.59. The van der Waals surface area contributed by atoms with Gasteiger partial charge < -0.3 is 14.6 Å². The van der Waals surface area contributed by atoms with Gasteiger partial charge in [-0.2, -0.15) is 0 Å². The molecule has 2 aliphatic heterocycles. The fourth-order valence-electron chi connectivity index (χ4n) is 4.59. The molecule has 1 unspecified atom stereocenters. The van der Waals surface area contributed by atoms with Crippen molar-refractivity contribution in [2.24, 2.45) is 5.92 Å². The third-order valence-electron chi connectivity index (χ3n) is 6.40. The Labute approximate surface area is 197 Å². The van der Waals surface area contributed by atoms with Crippen LogP contribution in [0.25, 0.3) is 11.1 Å². The average Bonchev–Trinajstić information content (AvgIpc) is 2.81. The van der Waals surface area contributed by atoms with E-state index in [0.717, 1.165) is 47.7 Å². The highest BCUT2D eigenvalue weighted by Crippen LogP contribution is 2.47. The largest absolute Gasteiger partial charge is 0.508 e. The molecular formula is C27H26F2N2O3. The molecule has 0 bridgehead atoms. The number of rotatable bonds is 7. The first-order valence-electron chi connectivity index (χ1n) is 11.3. The Morgan fingerprint density at radius 1 is 1.12 bits per heavy atom. The summed E-state index contributed by atoms with van der Waals surface area (Å²) in [6.45, 7) is 4.58. The van der Waals surface area contributed by atoms with E-state index in [4.69, 9.17) is 9.47 Å². The second-order valence-electron chi connectivity index (χ2n) is 8.81. The number of likely N-dealkylation sites (tertiary alicyclic amines) is 1. The number of phenols is 1. The Hall–Kier alpha value is -3.45. The zero-order chi connectivity index (χ0) is 23.7. The Morgan fingerprint density at radius 3 is 2.65 bits per heavy atom. The molecule has 0 amide bonds. The molecule has 0 spiro atoms. The summed E-state index contributed by atoms with van der Waals surface area (Å²) in [5.74, 6) is 1.26. The summed E-state index contributed by atoms with van der Waals surface area (Å²) in [4.78, 5) is 6.20. The maximum Gasteiger partial charge on any atom is 0.150 e. The maximum absolute atomic E-state index is 14.0. The van der Waals surface area contributed by atoms with E-state index in [1.807, 2.05) is 31.2 Å². The highest BCUT2D eigenvalue weighted by molar-refractivity contribution is 5.95. The van der Waals surface area contributed by atoms with Crippen LogP contribution in [0.1, 0.15) is 29.7 Å². The van der Waals surface area contributed by atoms with E-state index in [1.54, 1.807) is 24.4 Å². The van der Waals surface area contributed by atoms with Gasteiger partial charge in [-0.25, -0.2) is 4.39 Å². The standard InChI is InChI=1S/C27H26F2N2O3/c1-17-24-11-22(32)4-7-25(24)34-27(26(17)20-10-21(29)14-30-13-20)19-2-5-23(6-3-19)33-9-8-31-15-18(12-28)16-31/h2-7,10-11,13-14,18,27,32H,8-9,12,15-16H2,1H3. The molecule has 2 aliphatic rings. The molecule has 0 aliphatic carbocycles. The monoisotopic (exact) mass is 464 g/mol. The normalized spacial score (nSPS) is 18.3. The predicted octanol–water partition coefficient (Wildman–Crippen LogP) is 5.27. The van der Waals surface area contributed by atoms with Gasteiger partial charge >= 0.3 is 0 Å². The van der Waals surface area contributed by atoms with E-state index in [0.29, 0.717) is 17.9 Å². The van der Waals surface area contributed by atoms with Gasteiger partial charge in [0.05, 0.1) is 12.9 Å². The van der Waals surface area contributed by atoms with Crippen molar-refractivity contribution >= 4 is 11.1 Å².